The number of rotatable bonds is 2. The molecule has 120 valence electrons. The normalized spacial score (nSPS) is 12.5. The molecule has 0 saturated heterocycles. The molecule has 0 spiro atoms. The molecule has 0 saturated carbocycles. The molecule has 0 atom stereocenters. The molecule has 0 aliphatic carbocycles. The van der Waals surface area contributed by atoms with Gasteiger partial charge < -0.3 is 14.2 Å². The molecule has 6 heteroatoms. The van der Waals surface area contributed by atoms with Gasteiger partial charge in [-0.05, 0) is 53.7 Å². The molecule has 0 aromatic carbocycles. The van der Waals surface area contributed by atoms with Crippen molar-refractivity contribution in [1.29, 1.82) is 0 Å². The van der Waals surface area contributed by atoms with Gasteiger partial charge in [-0.25, -0.2) is 9.78 Å². The van der Waals surface area contributed by atoms with Gasteiger partial charge in [0.1, 0.15) is 16.8 Å². The fraction of sp³-hybridized carbons (Fsp3) is 0.500. The number of hydrogen-bond donors (Lipinski definition) is 2. The monoisotopic (exact) mass is 305 g/mol. The number of aromatic nitrogens is 2. The molecular formula is C16H23N3O3. The van der Waals surface area contributed by atoms with Crippen molar-refractivity contribution in [3.8, 4) is 0 Å². The van der Waals surface area contributed by atoms with Gasteiger partial charge >= 0.3 is 6.09 Å². The number of amides is 1. The van der Waals surface area contributed by atoms with Crippen molar-refractivity contribution in [3.63, 3.8) is 0 Å². The summed E-state index contributed by atoms with van der Waals surface area (Å²) < 4.78 is 7.06. The number of fused-ring (bicyclic) bond motifs is 1. The summed E-state index contributed by atoms with van der Waals surface area (Å²) in [5.74, 6) is 0. The maximum absolute atomic E-state index is 11.8. The largest absolute Gasteiger partial charge is 0.444 e. The number of pyridine rings is 1. The summed E-state index contributed by atoms with van der Waals surface area (Å²) >= 11 is 0. The lowest BCUT2D eigenvalue weighted by Gasteiger charge is -2.19. The van der Waals surface area contributed by atoms with Crippen molar-refractivity contribution in [2.75, 3.05) is 5.32 Å². The topological polar surface area (TPSA) is 75.9 Å². The predicted molar refractivity (Wildman–Crippen MR) is 85.0 cm³/mol. The zero-order valence-corrected chi connectivity index (χ0v) is 13.9. The Bertz CT molecular complexity index is 706. The van der Waals surface area contributed by atoms with E-state index in [0.717, 1.165) is 5.69 Å². The van der Waals surface area contributed by atoms with Crippen molar-refractivity contribution in [2.24, 2.45) is 0 Å². The zero-order chi connectivity index (χ0) is 16.7. The first-order chi connectivity index (χ1) is 9.97. The predicted octanol–water partition coefficient (Wildman–Crippen LogP) is 3.22. The number of carbonyl (C=O) groups excluding carboxylic acids is 1. The van der Waals surface area contributed by atoms with Crippen LogP contribution in [-0.4, -0.2) is 26.2 Å². The Morgan fingerprint density at radius 3 is 2.45 bits per heavy atom. The average molecular weight is 305 g/mol. The lowest BCUT2D eigenvalue weighted by Crippen LogP contribution is -2.27. The molecule has 1 amide bonds. The Balaban J connectivity index is 2.31. The van der Waals surface area contributed by atoms with Crippen LogP contribution < -0.4 is 5.32 Å². The van der Waals surface area contributed by atoms with Gasteiger partial charge in [0, 0.05) is 11.9 Å². The number of carbonyl (C=O) groups is 1. The Hall–Kier alpha value is -2.08. The summed E-state index contributed by atoms with van der Waals surface area (Å²) in [7, 11) is 0. The van der Waals surface area contributed by atoms with E-state index in [1.165, 1.54) is 0 Å². The molecule has 0 aliphatic heterocycles. The Labute approximate surface area is 130 Å². The van der Waals surface area contributed by atoms with Crippen molar-refractivity contribution in [2.45, 2.75) is 52.7 Å². The van der Waals surface area contributed by atoms with Gasteiger partial charge in [-0.1, -0.05) is 0 Å². The van der Waals surface area contributed by atoms with E-state index in [1.54, 1.807) is 32.2 Å². The van der Waals surface area contributed by atoms with Crippen LogP contribution >= 0.6 is 0 Å². The van der Waals surface area contributed by atoms with Crippen molar-refractivity contribution in [1.82, 2.24) is 9.38 Å². The smallest absolute Gasteiger partial charge is 0.412 e. The number of aryl methyl sites for hydroxylation is 1. The second-order valence-electron chi connectivity index (χ2n) is 6.88. The van der Waals surface area contributed by atoms with Gasteiger partial charge in [-0.2, -0.15) is 0 Å². The van der Waals surface area contributed by atoms with Crippen LogP contribution in [0.5, 0.6) is 0 Å². The minimum absolute atomic E-state index is 0.507. The molecule has 0 fully saturated rings. The third kappa shape index (κ3) is 3.57. The molecule has 0 aliphatic rings. The molecule has 2 aromatic rings. The first-order valence-electron chi connectivity index (χ1n) is 7.19. The van der Waals surface area contributed by atoms with Gasteiger partial charge in [0.15, 0.2) is 0 Å². The Kier molecular flexibility index (Phi) is 3.91. The number of nitrogens with one attached hydrogen (secondary N) is 1. The van der Waals surface area contributed by atoms with Gasteiger partial charge in [0.25, 0.3) is 0 Å². The summed E-state index contributed by atoms with van der Waals surface area (Å²) in [5, 5.41) is 12.8. The molecule has 2 aromatic heterocycles. The van der Waals surface area contributed by atoms with Crippen LogP contribution in [-0.2, 0) is 10.3 Å². The third-order valence-electron chi connectivity index (χ3n) is 3.08. The third-order valence-corrected chi connectivity index (χ3v) is 3.08. The lowest BCUT2D eigenvalue weighted by atomic mass is 10.0. The van der Waals surface area contributed by atoms with E-state index < -0.39 is 17.3 Å². The molecule has 2 N–H and O–H groups in total. The highest BCUT2D eigenvalue weighted by molar-refractivity contribution is 5.84. The Morgan fingerprint density at radius 1 is 1.27 bits per heavy atom. The number of nitrogens with zero attached hydrogens (tertiary/aromatic N) is 2. The fourth-order valence-corrected chi connectivity index (χ4v) is 2.24. The summed E-state index contributed by atoms with van der Waals surface area (Å²) in [5.41, 5.74) is 1.19. The summed E-state index contributed by atoms with van der Waals surface area (Å²) in [6, 6.07) is 3.54. The molecule has 0 radical (unpaired) electrons. The van der Waals surface area contributed by atoms with Crippen molar-refractivity contribution < 1.29 is 14.6 Å². The zero-order valence-electron chi connectivity index (χ0n) is 13.9. The summed E-state index contributed by atoms with van der Waals surface area (Å²) in [6.45, 7) is 10.7. The highest BCUT2D eigenvalue weighted by atomic mass is 16.6. The standard InChI is InChI=1S/C16H23N3O3/c1-10-13(16(5,6)21)18-12-8-7-11(9-19(10)12)17-14(20)22-15(2,3)4/h7-9,21H,1-6H3,(H,17,20). The van der Waals surface area contributed by atoms with E-state index in [4.69, 9.17) is 4.74 Å². The van der Waals surface area contributed by atoms with E-state index in [-0.39, 0.29) is 0 Å². The van der Waals surface area contributed by atoms with E-state index >= 15 is 0 Å². The summed E-state index contributed by atoms with van der Waals surface area (Å²) in [4.78, 5) is 16.2. The van der Waals surface area contributed by atoms with Crippen LogP contribution in [0.25, 0.3) is 5.65 Å². The Morgan fingerprint density at radius 2 is 1.91 bits per heavy atom. The van der Waals surface area contributed by atoms with Crippen molar-refractivity contribution in [3.05, 3.63) is 29.7 Å². The number of hydrogen-bond acceptors (Lipinski definition) is 4. The molecule has 6 nitrogen and oxygen atoms in total. The summed E-state index contributed by atoms with van der Waals surface area (Å²) in [6.07, 6.45) is 1.25. The minimum atomic E-state index is -1.02. The molecule has 22 heavy (non-hydrogen) atoms. The molecular weight excluding hydrogens is 282 g/mol. The van der Waals surface area contributed by atoms with Crippen LogP contribution in [0, 0.1) is 6.92 Å². The van der Waals surface area contributed by atoms with Crippen LogP contribution in [0.1, 0.15) is 46.0 Å². The number of aliphatic hydroxyl groups is 1. The second kappa shape index (κ2) is 5.28. The fourth-order valence-electron chi connectivity index (χ4n) is 2.24. The van der Waals surface area contributed by atoms with E-state index in [9.17, 15) is 9.90 Å². The second-order valence-corrected chi connectivity index (χ2v) is 6.88. The number of ether oxygens (including phenoxy) is 1. The van der Waals surface area contributed by atoms with E-state index in [2.05, 4.69) is 10.3 Å². The van der Waals surface area contributed by atoms with Crippen LogP contribution in [0.15, 0.2) is 18.3 Å². The van der Waals surface area contributed by atoms with Gasteiger partial charge in [-0.3, -0.25) is 5.32 Å². The SMILES string of the molecule is Cc1c(C(C)(C)O)nc2ccc(NC(=O)OC(C)(C)C)cn12. The molecule has 2 rings (SSSR count). The van der Waals surface area contributed by atoms with Gasteiger partial charge in [-0.15, -0.1) is 0 Å². The quantitative estimate of drug-likeness (QED) is 0.893. The first-order valence-corrected chi connectivity index (χ1v) is 7.19. The minimum Gasteiger partial charge on any atom is -0.444 e. The molecule has 0 unspecified atom stereocenters. The van der Waals surface area contributed by atoms with Crippen molar-refractivity contribution >= 4 is 17.4 Å². The van der Waals surface area contributed by atoms with Crippen LogP contribution in [0.4, 0.5) is 10.5 Å². The maximum atomic E-state index is 11.8. The van der Waals surface area contributed by atoms with Gasteiger partial charge in [0.2, 0.25) is 0 Å². The lowest BCUT2D eigenvalue weighted by molar-refractivity contribution is 0.0635. The average Bonchev–Trinajstić information content (AvgIpc) is 2.64. The van der Waals surface area contributed by atoms with E-state index in [0.29, 0.717) is 17.0 Å². The molecule has 0 bridgehead atoms. The first kappa shape index (κ1) is 16.3. The number of imidazole rings is 1. The van der Waals surface area contributed by atoms with Crippen LogP contribution in [0.3, 0.4) is 0 Å². The molecule has 2 heterocycles. The highest BCUT2D eigenvalue weighted by Gasteiger charge is 2.23. The highest BCUT2D eigenvalue weighted by Crippen LogP contribution is 2.25. The van der Waals surface area contributed by atoms with E-state index in [1.807, 2.05) is 32.1 Å². The van der Waals surface area contributed by atoms with Crippen LogP contribution in [0.2, 0.25) is 0 Å². The number of anilines is 1. The maximum Gasteiger partial charge on any atom is 0.412 e. The van der Waals surface area contributed by atoms with Gasteiger partial charge in [0.05, 0.1) is 11.4 Å².